The van der Waals surface area contributed by atoms with Gasteiger partial charge in [0.25, 0.3) is 0 Å². The molecule has 0 nitrogen and oxygen atoms in total. The lowest BCUT2D eigenvalue weighted by Gasteiger charge is -2.06. The molecular weight excluding hydrogens is 156 g/mol. The van der Waals surface area contributed by atoms with Crippen LogP contribution in [0.5, 0.6) is 0 Å². The van der Waals surface area contributed by atoms with Crippen LogP contribution < -0.4 is 0 Å². The highest BCUT2D eigenvalue weighted by molar-refractivity contribution is 4.92. The Morgan fingerprint density at radius 2 is 1.85 bits per heavy atom. The van der Waals surface area contributed by atoms with Gasteiger partial charge in [-0.05, 0) is 30.1 Å². The Kier molecular flexibility index (Phi) is 4.28. The fourth-order valence-corrected chi connectivity index (χ4v) is 2.69. The van der Waals surface area contributed by atoms with E-state index in [0.717, 1.165) is 23.7 Å². The molecule has 1 saturated carbocycles. The molecule has 0 aromatic carbocycles. The first-order chi connectivity index (χ1) is 6.20. The average Bonchev–Trinajstić information content (AvgIpc) is 2.76. The molecule has 0 saturated heterocycles. The van der Waals surface area contributed by atoms with E-state index in [9.17, 15) is 0 Å². The van der Waals surface area contributed by atoms with Gasteiger partial charge in [0.15, 0.2) is 0 Å². The summed E-state index contributed by atoms with van der Waals surface area (Å²) in [6, 6.07) is 0. The van der Waals surface area contributed by atoms with Gasteiger partial charge in [-0.1, -0.05) is 53.4 Å². The largest absolute Gasteiger partial charge is 0.0651 e. The molecule has 0 N–H and O–H groups in total. The minimum absolute atomic E-state index is 0.953. The molecule has 0 aromatic rings. The summed E-state index contributed by atoms with van der Waals surface area (Å²) in [5.74, 6) is 4.17. The monoisotopic (exact) mass is 182 g/mol. The minimum atomic E-state index is 0.953. The predicted octanol–water partition coefficient (Wildman–Crippen LogP) is 4.49. The molecule has 78 valence electrons. The van der Waals surface area contributed by atoms with Crippen LogP contribution in [0, 0.1) is 23.7 Å². The normalized spacial score (nSPS) is 34.6. The van der Waals surface area contributed by atoms with E-state index in [0.29, 0.717) is 0 Å². The molecule has 0 aromatic heterocycles. The predicted molar refractivity (Wildman–Crippen MR) is 59.7 cm³/mol. The Balaban J connectivity index is 2.02. The van der Waals surface area contributed by atoms with Gasteiger partial charge in [0.2, 0.25) is 0 Å². The topological polar surface area (TPSA) is 0 Å². The van der Waals surface area contributed by atoms with Crippen molar-refractivity contribution in [2.45, 2.75) is 59.8 Å². The summed E-state index contributed by atoms with van der Waals surface area (Å²) >= 11 is 0. The summed E-state index contributed by atoms with van der Waals surface area (Å²) in [4.78, 5) is 0. The number of hydrogen-bond donors (Lipinski definition) is 0. The Morgan fingerprint density at radius 3 is 2.31 bits per heavy atom. The third-order valence-electron chi connectivity index (χ3n) is 4.16. The molecule has 4 unspecified atom stereocenters. The van der Waals surface area contributed by atoms with Crippen molar-refractivity contribution in [3.63, 3.8) is 0 Å². The van der Waals surface area contributed by atoms with Gasteiger partial charge in [-0.25, -0.2) is 0 Å². The van der Waals surface area contributed by atoms with Crippen LogP contribution in [0.4, 0.5) is 0 Å². The van der Waals surface area contributed by atoms with Crippen LogP contribution >= 0.6 is 0 Å². The molecule has 1 rings (SSSR count). The van der Waals surface area contributed by atoms with E-state index in [1.165, 1.54) is 32.1 Å². The second kappa shape index (κ2) is 5.02. The minimum Gasteiger partial charge on any atom is -0.0651 e. The number of rotatable bonds is 6. The van der Waals surface area contributed by atoms with E-state index >= 15 is 0 Å². The molecule has 0 amide bonds. The van der Waals surface area contributed by atoms with Crippen LogP contribution in [-0.2, 0) is 0 Å². The lowest BCUT2D eigenvalue weighted by atomic mass is 10.00. The highest BCUT2D eigenvalue weighted by Gasteiger charge is 2.43. The molecule has 13 heavy (non-hydrogen) atoms. The maximum Gasteiger partial charge on any atom is -0.0355 e. The van der Waals surface area contributed by atoms with Crippen LogP contribution in [0.15, 0.2) is 0 Å². The van der Waals surface area contributed by atoms with Gasteiger partial charge in [0.1, 0.15) is 0 Å². The van der Waals surface area contributed by atoms with Crippen LogP contribution in [0.3, 0.4) is 0 Å². The van der Waals surface area contributed by atoms with Crippen molar-refractivity contribution in [2.24, 2.45) is 23.7 Å². The van der Waals surface area contributed by atoms with Gasteiger partial charge in [-0.3, -0.25) is 0 Å². The Bertz CT molecular complexity index is 139. The first-order valence-corrected chi connectivity index (χ1v) is 6.20. The van der Waals surface area contributed by atoms with E-state index in [2.05, 4.69) is 27.7 Å². The Morgan fingerprint density at radius 1 is 1.15 bits per heavy atom. The average molecular weight is 182 g/mol. The summed E-state index contributed by atoms with van der Waals surface area (Å²) in [6.45, 7) is 9.46. The lowest BCUT2D eigenvalue weighted by Crippen LogP contribution is -1.92. The lowest BCUT2D eigenvalue weighted by molar-refractivity contribution is 0.462. The first-order valence-electron chi connectivity index (χ1n) is 6.20. The second-order valence-electron chi connectivity index (χ2n) is 5.04. The first kappa shape index (κ1) is 11.1. The van der Waals surface area contributed by atoms with Gasteiger partial charge in [-0.15, -0.1) is 0 Å². The zero-order chi connectivity index (χ0) is 9.84. The molecule has 0 spiro atoms. The molecule has 0 radical (unpaired) electrons. The van der Waals surface area contributed by atoms with Crippen LogP contribution in [-0.4, -0.2) is 0 Å². The smallest absolute Gasteiger partial charge is 0.0355 e. The fraction of sp³-hybridized carbons (Fsp3) is 1.00. The maximum atomic E-state index is 2.43. The number of hydrogen-bond acceptors (Lipinski definition) is 0. The maximum absolute atomic E-state index is 2.43. The van der Waals surface area contributed by atoms with E-state index in [4.69, 9.17) is 0 Å². The van der Waals surface area contributed by atoms with Crippen molar-refractivity contribution in [2.75, 3.05) is 0 Å². The molecule has 1 aliphatic carbocycles. The molecular formula is C13H26. The van der Waals surface area contributed by atoms with Crippen molar-refractivity contribution < 1.29 is 0 Å². The summed E-state index contributed by atoms with van der Waals surface area (Å²) in [5, 5.41) is 0. The fourth-order valence-electron chi connectivity index (χ4n) is 2.69. The highest BCUT2D eigenvalue weighted by Crippen LogP contribution is 2.51. The van der Waals surface area contributed by atoms with Gasteiger partial charge in [0.05, 0.1) is 0 Å². The van der Waals surface area contributed by atoms with Gasteiger partial charge < -0.3 is 0 Å². The third kappa shape index (κ3) is 3.00. The van der Waals surface area contributed by atoms with Crippen molar-refractivity contribution in [3.8, 4) is 0 Å². The zero-order valence-electron chi connectivity index (χ0n) is 9.84. The summed E-state index contributed by atoms with van der Waals surface area (Å²) < 4.78 is 0. The molecule has 4 atom stereocenters. The van der Waals surface area contributed by atoms with E-state index in [-0.39, 0.29) is 0 Å². The Labute approximate surface area is 84.1 Å². The summed E-state index contributed by atoms with van der Waals surface area (Å²) in [7, 11) is 0. The standard InChI is InChI=1S/C13H26/c1-5-10(3)8-7-9-13-11(4)12(13)6-2/h10-13H,5-9H2,1-4H3. The molecule has 0 heterocycles. The van der Waals surface area contributed by atoms with E-state index < -0.39 is 0 Å². The van der Waals surface area contributed by atoms with Crippen molar-refractivity contribution >= 4 is 0 Å². The molecule has 0 bridgehead atoms. The zero-order valence-corrected chi connectivity index (χ0v) is 9.84. The van der Waals surface area contributed by atoms with Crippen molar-refractivity contribution in [1.82, 2.24) is 0 Å². The van der Waals surface area contributed by atoms with E-state index in [1.54, 1.807) is 0 Å². The summed E-state index contributed by atoms with van der Waals surface area (Å²) in [5.41, 5.74) is 0. The second-order valence-corrected chi connectivity index (χ2v) is 5.04. The van der Waals surface area contributed by atoms with Crippen LogP contribution in [0.25, 0.3) is 0 Å². The van der Waals surface area contributed by atoms with Gasteiger partial charge >= 0.3 is 0 Å². The molecule has 1 aliphatic rings. The Hall–Kier alpha value is 0. The van der Waals surface area contributed by atoms with E-state index in [1.807, 2.05) is 0 Å². The third-order valence-corrected chi connectivity index (χ3v) is 4.16. The van der Waals surface area contributed by atoms with Gasteiger partial charge in [0, 0.05) is 0 Å². The van der Waals surface area contributed by atoms with Crippen LogP contribution in [0.2, 0.25) is 0 Å². The van der Waals surface area contributed by atoms with Crippen LogP contribution in [0.1, 0.15) is 59.8 Å². The molecule has 1 fully saturated rings. The summed E-state index contributed by atoms with van der Waals surface area (Å²) in [6.07, 6.45) is 7.20. The van der Waals surface area contributed by atoms with Crippen molar-refractivity contribution in [1.29, 1.82) is 0 Å². The molecule has 0 heteroatoms. The molecule has 0 aliphatic heterocycles. The SMILES string of the molecule is CCC(C)CCCC1C(C)C1CC. The van der Waals surface area contributed by atoms with Gasteiger partial charge in [-0.2, -0.15) is 0 Å². The van der Waals surface area contributed by atoms with Crippen molar-refractivity contribution in [3.05, 3.63) is 0 Å². The highest BCUT2D eigenvalue weighted by atomic mass is 14.5. The quantitative estimate of drug-likeness (QED) is 0.567.